The van der Waals surface area contributed by atoms with Crippen molar-refractivity contribution in [2.75, 3.05) is 5.32 Å². The molecule has 1 amide bonds. The molecule has 146 valence electrons. The third-order valence-electron chi connectivity index (χ3n) is 4.57. The molecule has 29 heavy (non-hydrogen) atoms. The van der Waals surface area contributed by atoms with Crippen LogP contribution in [0.5, 0.6) is 0 Å². The van der Waals surface area contributed by atoms with Gasteiger partial charge in [-0.1, -0.05) is 11.3 Å². The number of imidazole rings is 1. The van der Waals surface area contributed by atoms with Crippen LogP contribution in [-0.4, -0.2) is 20.2 Å². The van der Waals surface area contributed by atoms with Crippen molar-refractivity contribution in [3.05, 3.63) is 80.7 Å². The van der Waals surface area contributed by atoms with Gasteiger partial charge < -0.3 is 5.32 Å². The summed E-state index contributed by atoms with van der Waals surface area (Å²) in [5, 5.41) is 13.7. The topological polar surface area (TPSA) is 89.5 Å². The Bertz CT molecular complexity index is 1260. The number of nitrogens with one attached hydrogen (secondary N) is 1. The second kappa shape index (κ2) is 7.10. The van der Waals surface area contributed by atoms with Crippen molar-refractivity contribution >= 4 is 33.6 Å². The largest absolute Gasteiger partial charge is 0.321 e. The van der Waals surface area contributed by atoms with Gasteiger partial charge in [0, 0.05) is 35.3 Å². The number of fused-ring (bicyclic) bond motifs is 1. The van der Waals surface area contributed by atoms with Crippen LogP contribution in [0.25, 0.3) is 16.2 Å². The zero-order valence-electron chi connectivity index (χ0n) is 15.5. The molecule has 0 fully saturated rings. The van der Waals surface area contributed by atoms with Crippen LogP contribution in [0.15, 0.2) is 48.7 Å². The molecule has 0 aliphatic heterocycles. The van der Waals surface area contributed by atoms with E-state index in [0.717, 1.165) is 11.3 Å². The lowest BCUT2D eigenvalue weighted by Crippen LogP contribution is -2.13. The molecule has 0 bridgehead atoms. The number of halogens is 1. The minimum absolute atomic E-state index is 0.0282. The molecule has 7 nitrogen and oxygen atoms in total. The number of hydrogen-bond acceptors (Lipinski definition) is 5. The fraction of sp³-hybridized carbons (Fsp3) is 0.100. The van der Waals surface area contributed by atoms with Crippen LogP contribution in [0.1, 0.15) is 20.9 Å². The third-order valence-corrected chi connectivity index (χ3v) is 5.73. The number of rotatable bonds is 4. The molecule has 0 aliphatic rings. The van der Waals surface area contributed by atoms with E-state index in [1.54, 1.807) is 19.1 Å². The fourth-order valence-corrected chi connectivity index (χ4v) is 4.01. The smallest absolute Gasteiger partial charge is 0.269 e. The van der Waals surface area contributed by atoms with E-state index in [2.05, 4.69) is 10.3 Å². The Labute approximate surface area is 168 Å². The molecule has 1 N–H and O–H groups in total. The highest BCUT2D eigenvalue weighted by Gasteiger charge is 2.19. The number of nitro benzene ring substituents is 1. The van der Waals surface area contributed by atoms with E-state index in [0.29, 0.717) is 26.8 Å². The van der Waals surface area contributed by atoms with Crippen LogP contribution >= 0.6 is 11.3 Å². The van der Waals surface area contributed by atoms with Gasteiger partial charge in [-0.3, -0.25) is 19.3 Å². The number of carbonyl (C=O) groups is 1. The van der Waals surface area contributed by atoms with Gasteiger partial charge in [0.05, 0.1) is 10.6 Å². The lowest BCUT2D eigenvalue weighted by atomic mass is 10.1. The van der Waals surface area contributed by atoms with Crippen molar-refractivity contribution in [3.63, 3.8) is 0 Å². The number of thiazole rings is 1. The minimum Gasteiger partial charge on any atom is -0.321 e. The number of nitrogens with zero attached hydrogens (tertiary/aromatic N) is 3. The second-order valence-corrected chi connectivity index (χ2v) is 7.49. The normalized spacial score (nSPS) is 11.0. The molecule has 0 radical (unpaired) electrons. The Morgan fingerprint density at radius 3 is 2.55 bits per heavy atom. The predicted octanol–water partition coefficient (Wildman–Crippen LogP) is 4.98. The number of aromatic nitrogens is 2. The van der Waals surface area contributed by atoms with E-state index in [-0.39, 0.29) is 17.4 Å². The van der Waals surface area contributed by atoms with Gasteiger partial charge in [0.15, 0.2) is 4.96 Å². The van der Waals surface area contributed by atoms with E-state index in [1.807, 2.05) is 17.5 Å². The number of anilines is 1. The lowest BCUT2D eigenvalue weighted by Gasteiger charge is -2.07. The first-order chi connectivity index (χ1) is 13.8. The summed E-state index contributed by atoms with van der Waals surface area (Å²) in [5.74, 6) is -0.621. The minimum atomic E-state index is -0.476. The molecule has 4 aromatic rings. The average Bonchev–Trinajstić information content (AvgIpc) is 3.23. The van der Waals surface area contributed by atoms with Crippen molar-refractivity contribution in [1.82, 2.24) is 9.38 Å². The molecule has 2 heterocycles. The summed E-state index contributed by atoms with van der Waals surface area (Å²) >= 11 is 1.24. The standard InChI is InChI=1S/C20H15FN4O3S/c1-11-9-15(25(27)28)7-8-16(11)22-19(26)18-12(2)24-10-17(23-20(24)29-18)13-3-5-14(21)6-4-13/h3-10H,1-2H3,(H,22,26). The molecular weight excluding hydrogens is 395 g/mol. The molecule has 0 atom stereocenters. The molecule has 2 aromatic heterocycles. The molecular formula is C20H15FN4O3S. The number of nitro groups is 1. The highest BCUT2D eigenvalue weighted by atomic mass is 32.1. The molecule has 0 unspecified atom stereocenters. The van der Waals surface area contributed by atoms with Gasteiger partial charge in [0.1, 0.15) is 10.7 Å². The molecule has 0 aliphatic carbocycles. The third kappa shape index (κ3) is 3.47. The summed E-state index contributed by atoms with van der Waals surface area (Å²) in [6.45, 7) is 3.52. The van der Waals surface area contributed by atoms with Crippen molar-refractivity contribution in [2.24, 2.45) is 0 Å². The zero-order valence-corrected chi connectivity index (χ0v) is 16.3. The summed E-state index contributed by atoms with van der Waals surface area (Å²) in [6.07, 6.45) is 1.81. The van der Waals surface area contributed by atoms with Gasteiger partial charge in [-0.2, -0.15) is 0 Å². The van der Waals surface area contributed by atoms with E-state index in [1.165, 1.54) is 41.7 Å². The Morgan fingerprint density at radius 1 is 1.21 bits per heavy atom. The Balaban J connectivity index is 1.62. The van der Waals surface area contributed by atoms with Crippen LogP contribution in [0, 0.1) is 29.8 Å². The van der Waals surface area contributed by atoms with Crippen molar-refractivity contribution < 1.29 is 14.1 Å². The first-order valence-electron chi connectivity index (χ1n) is 8.64. The van der Waals surface area contributed by atoms with Gasteiger partial charge in [0.25, 0.3) is 11.6 Å². The van der Waals surface area contributed by atoms with E-state index in [9.17, 15) is 19.3 Å². The zero-order chi connectivity index (χ0) is 20.7. The molecule has 0 saturated heterocycles. The maximum Gasteiger partial charge on any atom is 0.269 e. The number of hydrogen-bond donors (Lipinski definition) is 1. The number of non-ortho nitro benzene ring substituents is 1. The quantitative estimate of drug-likeness (QED) is 0.380. The monoisotopic (exact) mass is 410 g/mol. The lowest BCUT2D eigenvalue weighted by molar-refractivity contribution is -0.384. The Kier molecular flexibility index (Phi) is 4.59. The average molecular weight is 410 g/mol. The number of amides is 1. The molecule has 0 spiro atoms. The van der Waals surface area contributed by atoms with Gasteiger partial charge in [-0.05, 0) is 49.7 Å². The van der Waals surface area contributed by atoms with Crippen molar-refractivity contribution in [1.29, 1.82) is 0 Å². The number of aryl methyl sites for hydroxylation is 2. The molecule has 9 heteroatoms. The first kappa shape index (κ1) is 18.8. The summed E-state index contributed by atoms with van der Waals surface area (Å²) in [5.41, 5.74) is 3.29. The predicted molar refractivity (Wildman–Crippen MR) is 109 cm³/mol. The van der Waals surface area contributed by atoms with Crippen LogP contribution in [0.4, 0.5) is 15.8 Å². The van der Waals surface area contributed by atoms with Crippen LogP contribution in [-0.2, 0) is 0 Å². The first-order valence-corrected chi connectivity index (χ1v) is 9.46. The summed E-state index contributed by atoms with van der Waals surface area (Å²) in [4.78, 5) is 28.8. The number of benzene rings is 2. The van der Waals surface area contributed by atoms with Gasteiger partial charge in [0.2, 0.25) is 0 Å². The highest BCUT2D eigenvalue weighted by Crippen LogP contribution is 2.29. The van der Waals surface area contributed by atoms with Gasteiger partial charge >= 0.3 is 0 Å². The van der Waals surface area contributed by atoms with E-state index in [4.69, 9.17) is 0 Å². The fourth-order valence-electron chi connectivity index (χ4n) is 3.00. The summed E-state index contributed by atoms with van der Waals surface area (Å²) in [6, 6.07) is 10.3. The Morgan fingerprint density at radius 2 is 1.93 bits per heavy atom. The summed E-state index contributed by atoms with van der Waals surface area (Å²) < 4.78 is 14.9. The molecule has 4 rings (SSSR count). The number of carbonyl (C=O) groups excluding carboxylic acids is 1. The molecule has 0 saturated carbocycles. The Hall–Kier alpha value is -3.59. The second-order valence-electron chi connectivity index (χ2n) is 6.51. The van der Waals surface area contributed by atoms with Crippen LogP contribution in [0.3, 0.4) is 0 Å². The maximum absolute atomic E-state index is 13.1. The highest BCUT2D eigenvalue weighted by molar-refractivity contribution is 7.19. The van der Waals surface area contributed by atoms with Crippen LogP contribution < -0.4 is 5.32 Å². The van der Waals surface area contributed by atoms with Crippen LogP contribution in [0.2, 0.25) is 0 Å². The van der Waals surface area contributed by atoms with E-state index < -0.39 is 4.92 Å². The maximum atomic E-state index is 13.1. The van der Waals surface area contributed by atoms with E-state index >= 15 is 0 Å². The molecule has 2 aromatic carbocycles. The summed E-state index contributed by atoms with van der Waals surface area (Å²) in [7, 11) is 0. The van der Waals surface area contributed by atoms with Gasteiger partial charge in [-0.15, -0.1) is 0 Å². The van der Waals surface area contributed by atoms with Gasteiger partial charge in [-0.25, -0.2) is 9.37 Å². The van der Waals surface area contributed by atoms with Crippen molar-refractivity contribution in [2.45, 2.75) is 13.8 Å². The SMILES string of the molecule is Cc1cc([N+](=O)[O-])ccc1NC(=O)c1sc2nc(-c3ccc(F)cc3)cn2c1C. The van der Waals surface area contributed by atoms with Crippen molar-refractivity contribution in [3.8, 4) is 11.3 Å².